The fourth-order valence-corrected chi connectivity index (χ4v) is 3.12. The summed E-state index contributed by atoms with van der Waals surface area (Å²) in [5.41, 5.74) is 2.15. The highest BCUT2D eigenvalue weighted by Gasteiger charge is 2.16. The molecule has 160 valence electrons. The predicted octanol–water partition coefficient (Wildman–Crippen LogP) is 1.89. The Labute approximate surface area is 176 Å². The summed E-state index contributed by atoms with van der Waals surface area (Å²) in [7, 11) is 1.71. The van der Waals surface area contributed by atoms with Gasteiger partial charge in [0.1, 0.15) is 17.7 Å². The minimum absolute atomic E-state index is 0.0551. The molecule has 1 unspecified atom stereocenters. The molecule has 30 heavy (non-hydrogen) atoms. The van der Waals surface area contributed by atoms with Gasteiger partial charge in [-0.05, 0) is 48.9 Å². The lowest BCUT2D eigenvalue weighted by Crippen LogP contribution is -2.47. The van der Waals surface area contributed by atoms with Gasteiger partial charge >= 0.3 is 0 Å². The number of rotatable bonds is 7. The van der Waals surface area contributed by atoms with E-state index in [0.717, 1.165) is 17.8 Å². The molecular weight excluding hydrogens is 385 g/mol. The second-order valence-corrected chi connectivity index (χ2v) is 7.13. The number of ether oxygens (including phenoxy) is 1. The monoisotopic (exact) mass is 413 g/mol. The molecule has 7 nitrogen and oxygen atoms in total. The van der Waals surface area contributed by atoms with Crippen LogP contribution in [0.3, 0.4) is 0 Å². The number of guanidine groups is 1. The molecular formula is C22H28FN5O2. The molecule has 1 aliphatic rings. The largest absolute Gasteiger partial charge is 0.489 e. The van der Waals surface area contributed by atoms with Crippen molar-refractivity contribution in [3.8, 4) is 5.75 Å². The van der Waals surface area contributed by atoms with Crippen molar-refractivity contribution in [1.29, 1.82) is 0 Å². The Morgan fingerprint density at radius 1 is 1.20 bits per heavy atom. The van der Waals surface area contributed by atoms with Crippen molar-refractivity contribution in [2.75, 3.05) is 38.1 Å². The third-order valence-corrected chi connectivity index (χ3v) is 4.73. The topological polar surface area (TPSA) is 78.0 Å². The molecule has 0 bridgehead atoms. The zero-order valence-corrected chi connectivity index (χ0v) is 17.3. The van der Waals surface area contributed by atoms with E-state index in [-0.39, 0.29) is 17.8 Å². The number of benzene rings is 2. The average Bonchev–Trinajstić information content (AvgIpc) is 2.76. The van der Waals surface area contributed by atoms with E-state index in [0.29, 0.717) is 37.9 Å². The maximum atomic E-state index is 13.0. The molecule has 0 saturated carbocycles. The number of aliphatic imine (C=N–C) groups is 1. The van der Waals surface area contributed by atoms with Crippen LogP contribution >= 0.6 is 0 Å². The Balaban J connectivity index is 1.43. The summed E-state index contributed by atoms with van der Waals surface area (Å²) >= 11 is 0. The average molecular weight is 413 g/mol. The summed E-state index contributed by atoms with van der Waals surface area (Å²) < 4.78 is 18.7. The summed E-state index contributed by atoms with van der Waals surface area (Å²) in [6.07, 6.45) is -0.116. The number of carbonyl (C=O) groups is 1. The van der Waals surface area contributed by atoms with Crippen molar-refractivity contribution in [3.63, 3.8) is 0 Å². The van der Waals surface area contributed by atoms with Gasteiger partial charge in [-0.3, -0.25) is 9.79 Å². The van der Waals surface area contributed by atoms with E-state index in [1.165, 1.54) is 12.1 Å². The summed E-state index contributed by atoms with van der Waals surface area (Å²) in [4.78, 5) is 17.8. The first-order valence-electron chi connectivity index (χ1n) is 10.0. The molecule has 3 N–H and O–H groups in total. The summed E-state index contributed by atoms with van der Waals surface area (Å²) in [5.74, 6) is 1.06. The second kappa shape index (κ2) is 10.5. The molecule has 0 aromatic heterocycles. The zero-order chi connectivity index (χ0) is 21.3. The highest BCUT2D eigenvalue weighted by Crippen LogP contribution is 2.16. The SMILES string of the molecule is CN=C(NCc1ccc(N2CCNC(=O)C2)cc1)NCC(C)Oc1ccc(F)cc1. The molecule has 1 heterocycles. The highest BCUT2D eigenvalue weighted by atomic mass is 19.1. The van der Waals surface area contributed by atoms with Gasteiger partial charge in [0.25, 0.3) is 0 Å². The van der Waals surface area contributed by atoms with Crippen molar-refractivity contribution >= 4 is 17.6 Å². The standard InChI is InChI=1S/C22H28FN5O2/c1-16(30-20-9-5-18(23)6-10-20)13-26-22(24-2)27-14-17-3-7-19(8-4-17)28-12-11-25-21(29)15-28/h3-10,16H,11-15H2,1-2H3,(H,25,29)(H2,24,26,27). The van der Waals surface area contributed by atoms with Crippen LogP contribution in [0.25, 0.3) is 0 Å². The lowest BCUT2D eigenvalue weighted by Gasteiger charge is -2.28. The summed E-state index contributed by atoms with van der Waals surface area (Å²) in [6, 6.07) is 14.1. The number of halogens is 1. The molecule has 2 aromatic carbocycles. The van der Waals surface area contributed by atoms with E-state index in [4.69, 9.17) is 4.74 Å². The highest BCUT2D eigenvalue weighted by molar-refractivity contribution is 5.82. The number of anilines is 1. The first-order valence-corrected chi connectivity index (χ1v) is 10.0. The summed E-state index contributed by atoms with van der Waals surface area (Å²) in [5, 5.41) is 9.33. The fourth-order valence-electron chi connectivity index (χ4n) is 3.12. The predicted molar refractivity (Wildman–Crippen MR) is 116 cm³/mol. The van der Waals surface area contributed by atoms with E-state index in [1.807, 2.05) is 31.2 Å². The molecule has 3 rings (SSSR count). The molecule has 8 heteroatoms. The number of amides is 1. The quantitative estimate of drug-likeness (QED) is 0.477. The molecule has 0 aliphatic carbocycles. The first kappa shape index (κ1) is 21.4. The second-order valence-electron chi connectivity index (χ2n) is 7.13. The lowest BCUT2D eigenvalue weighted by atomic mass is 10.2. The Hall–Kier alpha value is -3.29. The van der Waals surface area contributed by atoms with Gasteiger partial charge in [-0.25, -0.2) is 4.39 Å². The van der Waals surface area contributed by atoms with Crippen molar-refractivity contribution < 1.29 is 13.9 Å². The molecule has 1 amide bonds. The van der Waals surface area contributed by atoms with Crippen LogP contribution in [-0.2, 0) is 11.3 Å². The van der Waals surface area contributed by atoms with Crippen LogP contribution in [0.5, 0.6) is 5.75 Å². The maximum absolute atomic E-state index is 13.0. The Morgan fingerprint density at radius 2 is 1.93 bits per heavy atom. The number of piperazine rings is 1. The lowest BCUT2D eigenvalue weighted by molar-refractivity contribution is -0.120. The fraction of sp³-hybridized carbons (Fsp3) is 0.364. The molecule has 0 spiro atoms. The third-order valence-electron chi connectivity index (χ3n) is 4.73. The minimum Gasteiger partial charge on any atom is -0.489 e. The van der Waals surface area contributed by atoms with Gasteiger partial charge < -0.3 is 25.6 Å². The van der Waals surface area contributed by atoms with Crippen molar-refractivity contribution in [3.05, 3.63) is 59.9 Å². The number of hydrogen-bond donors (Lipinski definition) is 3. The number of carbonyl (C=O) groups excluding carboxylic acids is 1. The van der Waals surface area contributed by atoms with E-state index in [2.05, 4.69) is 25.8 Å². The maximum Gasteiger partial charge on any atom is 0.239 e. The van der Waals surface area contributed by atoms with Gasteiger partial charge in [0.15, 0.2) is 5.96 Å². The first-order chi connectivity index (χ1) is 14.5. The van der Waals surface area contributed by atoms with Crippen LogP contribution in [-0.4, -0.2) is 51.2 Å². The van der Waals surface area contributed by atoms with Gasteiger partial charge in [0.2, 0.25) is 5.91 Å². The molecule has 0 radical (unpaired) electrons. The van der Waals surface area contributed by atoms with E-state index < -0.39 is 0 Å². The third kappa shape index (κ3) is 6.37. The van der Waals surface area contributed by atoms with Crippen LogP contribution in [0.4, 0.5) is 10.1 Å². The number of nitrogens with zero attached hydrogens (tertiary/aromatic N) is 2. The zero-order valence-electron chi connectivity index (χ0n) is 17.3. The van der Waals surface area contributed by atoms with E-state index in [1.54, 1.807) is 19.2 Å². The minimum atomic E-state index is -0.285. The molecule has 1 atom stereocenters. The van der Waals surface area contributed by atoms with Crippen LogP contribution in [0.1, 0.15) is 12.5 Å². The van der Waals surface area contributed by atoms with Crippen molar-refractivity contribution in [2.24, 2.45) is 4.99 Å². The van der Waals surface area contributed by atoms with Crippen LogP contribution in [0.15, 0.2) is 53.5 Å². The summed E-state index contributed by atoms with van der Waals surface area (Å²) in [6.45, 7) is 4.99. The van der Waals surface area contributed by atoms with Gasteiger partial charge in [0, 0.05) is 32.4 Å². The number of nitrogens with one attached hydrogen (secondary N) is 3. The van der Waals surface area contributed by atoms with Gasteiger partial charge in [-0.1, -0.05) is 12.1 Å². The Morgan fingerprint density at radius 3 is 2.60 bits per heavy atom. The van der Waals surface area contributed by atoms with Gasteiger partial charge in [-0.15, -0.1) is 0 Å². The molecule has 2 aromatic rings. The van der Waals surface area contributed by atoms with Crippen molar-refractivity contribution in [2.45, 2.75) is 19.6 Å². The smallest absolute Gasteiger partial charge is 0.239 e. The van der Waals surface area contributed by atoms with Crippen LogP contribution in [0.2, 0.25) is 0 Å². The molecule has 1 aliphatic heterocycles. The van der Waals surface area contributed by atoms with E-state index >= 15 is 0 Å². The Kier molecular flexibility index (Phi) is 7.48. The van der Waals surface area contributed by atoms with Crippen LogP contribution in [0, 0.1) is 5.82 Å². The molecule has 1 saturated heterocycles. The number of hydrogen-bond acceptors (Lipinski definition) is 4. The van der Waals surface area contributed by atoms with E-state index in [9.17, 15) is 9.18 Å². The normalized spacial score (nSPS) is 15.4. The Bertz CT molecular complexity index is 855. The molecule has 1 fully saturated rings. The van der Waals surface area contributed by atoms with Crippen molar-refractivity contribution in [1.82, 2.24) is 16.0 Å². The van der Waals surface area contributed by atoms with Gasteiger partial charge in [-0.2, -0.15) is 0 Å². The van der Waals surface area contributed by atoms with Gasteiger partial charge in [0.05, 0.1) is 13.1 Å². The van der Waals surface area contributed by atoms with Crippen LogP contribution < -0.4 is 25.6 Å².